The normalized spacial score (nSPS) is 17.2. The Bertz CT molecular complexity index is 259. The Balaban J connectivity index is 2.98. The van der Waals surface area contributed by atoms with Crippen molar-refractivity contribution in [2.45, 2.75) is 0 Å². The topological polar surface area (TPSA) is 63.6 Å². The Kier molecular flexibility index (Phi) is 2.40. The molecule has 0 aromatic rings. The zero-order valence-electron chi connectivity index (χ0n) is 6.53. The van der Waals surface area contributed by atoms with Crippen LogP contribution in [0.4, 0.5) is 0 Å². The van der Waals surface area contributed by atoms with Crippen LogP contribution in [-0.2, 0) is 14.3 Å². The number of Topliss-reactive ketones (excluding diaryl/α,β-unsaturated/α-hetero) is 1. The minimum atomic E-state index is -0.439. The fourth-order valence-corrected chi connectivity index (χ4v) is 0.901. The molecular weight excluding hydrogens is 160 g/mol. The van der Waals surface area contributed by atoms with Crippen LogP contribution in [0, 0.1) is 0 Å². The summed E-state index contributed by atoms with van der Waals surface area (Å²) in [5.41, 5.74) is 0.0688. The van der Waals surface area contributed by atoms with Crippen LogP contribution in [0.1, 0.15) is 0 Å². The molecule has 4 heteroatoms. The summed E-state index contributed by atoms with van der Waals surface area (Å²) >= 11 is 0. The lowest BCUT2D eigenvalue weighted by Crippen LogP contribution is -2.17. The maximum atomic E-state index is 11.2. The highest BCUT2D eigenvalue weighted by molar-refractivity contribution is 6.19. The maximum Gasteiger partial charge on any atom is 0.226 e. The van der Waals surface area contributed by atoms with Gasteiger partial charge in [0.25, 0.3) is 0 Å². The monoisotopic (exact) mass is 168 g/mol. The Hall–Kier alpha value is -1.42. The Morgan fingerprint density at radius 3 is 2.58 bits per heavy atom. The number of ether oxygens (including phenoxy) is 1. The number of allylic oxidation sites excluding steroid dienone is 3. The zero-order valence-corrected chi connectivity index (χ0v) is 6.53. The van der Waals surface area contributed by atoms with Gasteiger partial charge in [-0.15, -0.1) is 0 Å². The van der Waals surface area contributed by atoms with E-state index in [9.17, 15) is 9.59 Å². The van der Waals surface area contributed by atoms with Gasteiger partial charge in [-0.3, -0.25) is 9.59 Å². The number of methoxy groups -OCH3 is 1. The summed E-state index contributed by atoms with van der Waals surface area (Å²) in [7, 11) is 1.30. The number of carbonyl (C=O) groups excluding carboxylic acids is 2. The van der Waals surface area contributed by atoms with E-state index in [0.717, 1.165) is 12.2 Å². The molecule has 1 aliphatic rings. The molecule has 0 aromatic heterocycles. The molecule has 0 radical (unpaired) electrons. The summed E-state index contributed by atoms with van der Waals surface area (Å²) < 4.78 is 4.64. The SMILES string of the molecule is COC1=CC(=O)C=C(CO)C1=O. The summed E-state index contributed by atoms with van der Waals surface area (Å²) in [5, 5.41) is 8.67. The average Bonchev–Trinajstić information content (AvgIpc) is 2.08. The second kappa shape index (κ2) is 3.32. The molecule has 0 saturated heterocycles. The third kappa shape index (κ3) is 1.43. The second-order valence-electron chi connectivity index (χ2n) is 2.27. The minimum Gasteiger partial charge on any atom is -0.493 e. The second-order valence-corrected chi connectivity index (χ2v) is 2.27. The molecule has 0 unspecified atom stereocenters. The fraction of sp³-hybridized carbons (Fsp3) is 0.250. The predicted molar refractivity (Wildman–Crippen MR) is 40.3 cm³/mol. The molecule has 64 valence electrons. The van der Waals surface area contributed by atoms with Gasteiger partial charge in [0.15, 0.2) is 11.5 Å². The van der Waals surface area contributed by atoms with Crippen molar-refractivity contribution in [1.29, 1.82) is 0 Å². The van der Waals surface area contributed by atoms with E-state index in [1.165, 1.54) is 7.11 Å². The van der Waals surface area contributed by atoms with Gasteiger partial charge in [-0.25, -0.2) is 0 Å². The van der Waals surface area contributed by atoms with Crippen molar-refractivity contribution in [3.8, 4) is 0 Å². The van der Waals surface area contributed by atoms with Crippen LogP contribution < -0.4 is 0 Å². The smallest absolute Gasteiger partial charge is 0.226 e. The van der Waals surface area contributed by atoms with Crippen molar-refractivity contribution >= 4 is 11.6 Å². The van der Waals surface area contributed by atoms with Crippen LogP contribution in [0.2, 0.25) is 0 Å². The average molecular weight is 168 g/mol. The van der Waals surface area contributed by atoms with Crippen molar-refractivity contribution < 1.29 is 19.4 Å². The van der Waals surface area contributed by atoms with Gasteiger partial charge in [-0.1, -0.05) is 0 Å². The number of carbonyl (C=O) groups is 2. The third-order valence-corrected chi connectivity index (χ3v) is 1.50. The zero-order chi connectivity index (χ0) is 9.14. The summed E-state index contributed by atoms with van der Waals surface area (Å²) in [6, 6.07) is 0. The van der Waals surface area contributed by atoms with Crippen LogP contribution >= 0.6 is 0 Å². The number of hydrogen-bond acceptors (Lipinski definition) is 4. The molecule has 1 rings (SSSR count). The van der Waals surface area contributed by atoms with E-state index >= 15 is 0 Å². The van der Waals surface area contributed by atoms with Crippen molar-refractivity contribution in [1.82, 2.24) is 0 Å². The van der Waals surface area contributed by atoms with Gasteiger partial charge in [0, 0.05) is 11.6 Å². The van der Waals surface area contributed by atoms with Gasteiger partial charge in [-0.2, -0.15) is 0 Å². The minimum absolute atomic E-state index is 0.0217. The predicted octanol–water partition coefficient (Wildman–Crippen LogP) is -0.413. The molecule has 1 aliphatic carbocycles. The summed E-state index contributed by atoms with van der Waals surface area (Å²) in [5.74, 6) is -0.790. The van der Waals surface area contributed by atoms with Gasteiger partial charge in [0.2, 0.25) is 5.78 Å². The van der Waals surface area contributed by atoms with Crippen molar-refractivity contribution in [3.05, 3.63) is 23.5 Å². The molecule has 12 heavy (non-hydrogen) atoms. The van der Waals surface area contributed by atoms with E-state index in [1.807, 2.05) is 0 Å². The molecular formula is C8H8O4. The number of ketones is 2. The number of rotatable bonds is 2. The van der Waals surface area contributed by atoms with E-state index in [1.54, 1.807) is 0 Å². The molecule has 0 saturated carbocycles. The number of aliphatic hydroxyl groups excluding tert-OH is 1. The molecule has 0 spiro atoms. The van der Waals surface area contributed by atoms with Crippen molar-refractivity contribution in [3.63, 3.8) is 0 Å². The molecule has 0 amide bonds. The highest BCUT2D eigenvalue weighted by Crippen LogP contribution is 2.12. The standard InChI is InChI=1S/C8H8O4/c1-12-7-3-6(10)2-5(4-9)8(7)11/h2-3,9H,4H2,1H3. The molecule has 0 atom stereocenters. The first-order valence-electron chi connectivity index (χ1n) is 3.35. The van der Waals surface area contributed by atoms with E-state index in [4.69, 9.17) is 5.11 Å². The first kappa shape index (κ1) is 8.67. The maximum absolute atomic E-state index is 11.2. The van der Waals surface area contributed by atoms with Crippen LogP contribution in [0.5, 0.6) is 0 Å². The van der Waals surface area contributed by atoms with E-state index < -0.39 is 12.4 Å². The van der Waals surface area contributed by atoms with Crippen molar-refractivity contribution in [2.24, 2.45) is 0 Å². The van der Waals surface area contributed by atoms with Gasteiger partial charge < -0.3 is 9.84 Å². The number of hydrogen-bond donors (Lipinski definition) is 1. The lowest BCUT2D eigenvalue weighted by atomic mass is 10.0. The van der Waals surface area contributed by atoms with Crippen LogP contribution in [0.3, 0.4) is 0 Å². The van der Waals surface area contributed by atoms with E-state index in [-0.39, 0.29) is 17.1 Å². The summed E-state index contributed by atoms with van der Waals surface area (Å²) in [6.45, 7) is -0.439. The third-order valence-electron chi connectivity index (χ3n) is 1.50. The summed E-state index contributed by atoms with van der Waals surface area (Å²) in [6.07, 6.45) is 2.20. The molecule has 0 heterocycles. The van der Waals surface area contributed by atoms with Gasteiger partial charge in [-0.05, 0) is 6.08 Å². The first-order valence-corrected chi connectivity index (χ1v) is 3.35. The lowest BCUT2D eigenvalue weighted by Gasteiger charge is -2.09. The van der Waals surface area contributed by atoms with Gasteiger partial charge in [0.05, 0.1) is 13.7 Å². The molecule has 0 fully saturated rings. The Morgan fingerprint density at radius 2 is 2.08 bits per heavy atom. The summed E-state index contributed by atoms with van der Waals surface area (Å²) in [4.78, 5) is 22.0. The molecule has 1 N–H and O–H groups in total. The van der Waals surface area contributed by atoms with Crippen LogP contribution in [-0.4, -0.2) is 30.4 Å². The van der Waals surface area contributed by atoms with E-state index in [0.29, 0.717) is 0 Å². The van der Waals surface area contributed by atoms with Gasteiger partial charge in [0.1, 0.15) is 0 Å². The molecule has 0 aromatic carbocycles. The molecule has 4 nitrogen and oxygen atoms in total. The van der Waals surface area contributed by atoms with E-state index in [2.05, 4.69) is 4.74 Å². The Labute approximate surface area is 69.1 Å². The van der Waals surface area contributed by atoms with Gasteiger partial charge >= 0.3 is 0 Å². The first-order chi connectivity index (χ1) is 5.69. The highest BCUT2D eigenvalue weighted by atomic mass is 16.5. The molecule has 0 bridgehead atoms. The van der Waals surface area contributed by atoms with Crippen LogP contribution in [0.25, 0.3) is 0 Å². The Morgan fingerprint density at radius 1 is 1.42 bits per heavy atom. The number of aliphatic hydroxyl groups is 1. The molecule has 0 aliphatic heterocycles. The van der Waals surface area contributed by atoms with Crippen molar-refractivity contribution in [2.75, 3.05) is 13.7 Å². The highest BCUT2D eigenvalue weighted by Gasteiger charge is 2.21. The lowest BCUT2D eigenvalue weighted by molar-refractivity contribution is -0.118. The fourth-order valence-electron chi connectivity index (χ4n) is 0.901. The largest absolute Gasteiger partial charge is 0.493 e. The van der Waals surface area contributed by atoms with Crippen LogP contribution in [0.15, 0.2) is 23.5 Å². The quantitative estimate of drug-likeness (QED) is 0.569.